The lowest BCUT2D eigenvalue weighted by Crippen LogP contribution is -2.50. The minimum absolute atomic E-state index is 0.00943. The van der Waals surface area contributed by atoms with Crippen LogP contribution >= 0.6 is 0 Å². The van der Waals surface area contributed by atoms with Gasteiger partial charge in [-0.15, -0.1) is 5.10 Å². The lowest BCUT2D eigenvalue weighted by Gasteiger charge is -2.39. The van der Waals surface area contributed by atoms with Gasteiger partial charge >= 0.3 is 0 Å². The first-order chi connectivity index (χ1) is 14.4. The quantitative estimate of drug-likeness (QED) is 0.680. The molecule has 0 unspecified atom stereocenters. The van der Waals surface area contributed by atoms with E-state index in [1.807, 2.05) is 55.5 Å². The summed E-state index contributed by atoms with van der Waals surface area (Å²) in [6.45, 7) is 7.02. The molecule has 2 aromatic carbocycles. The number of carbonyl (C=O) groups is 1. The van der Waals surface area contributed by atoms with Crippen LogP contribution in [0, 0.1) is 0 Å². The van der Waals surface area contributed by atoms with Crippen LogP contribution in [0.4, 0.5) is 0 Å². The van der Waals surface area contributed by atoms with Crippen LogP contribution in [0.25, 0.3) is 11.1 Å². The Morgan fingerprint density at radius 2 is 1.97 bits per heavy atom. The maximum Gasteiger partial charge on any atom is 0.254 e. The third-order valence-corrected chi connectivity index (χ3v) is 5.27. The average Bonchev–Trinajstić information content (AvgIpc) is 3.18. The second-order valence-corrected chi connectivity index (χ2v) is 8.02. The number of amides is 1. The molecule has 7 nitrogen and oxygen atoms in total. The van der Waals surface area contributed by atoms with E-state index in [9.17, 15) is 9.90 Å². The van der Waals surface area contributed by atoms with Crippen LogP contribution in [-0.2, 0) is 5.60 Å². The second-order valence-electron chi connectivity index (χ2n) is 8.02. The summed E-state index contributed by atoms with van der Waals surface area (Å²) in [5.74, 6) is 0.798. The normalized spacial score (nSPS) is 14.5. The number of rotatable bonds is 6. The van der Waals surface area contributed by atoms with E-state index in [0.717, 1.165) is 16.9 Å². The summed E-state index contributed by atoms with van der Waals surface area (Å²) in [7, 11) is 0. The van der Waals surface area contributed by atoms with Crippen molar-refractivity contribution >= 4 is 5.91 Å². The molecule has 0 aliphatic carbocycles. The Bertz CT molecular complexity index is 1050. The van der Waals surface area contributed by atoms with E-state index in [0.29, 0.717) is 31.0 Å². The van der Waals surface area contributed by atoms with Gasteiger partial charge in [-0.3, -0.25) is 4.79 Å². The summed E-state index contributed by atoms with van der Waals surface area (Å²) in [5, 5.41) is 18.2. The molecule has 1 fully saturated rings. The van der Waals surface area contributed by atoms with Crippen molar-refractivity contribution < 1.29 is 14.6 Å². The van der Waals surface area contributed by atoms with E-state index in [-0.39, 0.29) is 11.9 Å². The largest absolute Gasteiger partial charge is 0.493 e. The minimum Gasteiger partial charge on any atom is -0.493 e. The van der Waals surface area contributed by atoms with Gasteiger partial charge in [-0.05, 0) is 44.5 Å². The van der Waals surface area contributed by atoms with Gasteiger partial charge in [0.15, 0.2) is 0 Å². The Balaban J connectivity index is 1.47. The molecule has 1 aliphatic rings. The number of likely N-dealkylation sites (tertiary alicyclic amines) is 1. The molecule has 0 atom stereocenters. The number of hydrogen-bond acceptors (Lipinski definition) is 5. The molecule has 1 aromatic heterocycles. The van der Waals surface area contributed by atoms with Crippen LogP contribution in [-0.4, -0.2) is 50.6 Å². The van der Waals surface area contributed by atoms with E-state index in [4.69, 9.17) is 4.74 Å². The van der Waals surface area contributed by atoms with Gasteiger partial charge in [0.2, 0.25) is 0 Å². The molecule has 0 bridgehead atoms. The van der Waals surface area contributed by atoms with Crippen molar-refractivity contribution in [2.75, 3.05) is 19.7 Å². The topological polar surface area (TPSA) is 80.5 Å². The minimum atomic E-state index is -1.03. The first-order valence-corrected chi connectivity index (χ1v) is 10.1. The zero-order chi connectivity index (χ0) is 21.3. The highest BCUT2D eigenvalue weighted by Crippen LogP contribution is 2.31. The van der Waals surface area contributed by atoms with Gasteiger partial charge in [0.05, 0.1) is 18.8 Å². The third kappa shape index (κ3) is 3.93. The number of aliphatic hydroxyl groups is 1. The molecular formula is C23H26N4O3. The SMILES string of the molecule is CCOc1ccccc1-c1cccc(C(=O)N2CC(n3cc(C(C)(C)O)nn3)C2)c1. The zero-order valence-electron chi connectivity index (χ0n) is 17.4. The first-order valence-electron chi connectivity index (χ1n) is 10.1. The van der Waals surface area contributed by atoms with E-state index in [2.05, 4.69) is 10.3 Å². The fraction of sp³-hybridized carbons (Fsp3) is 0.348. The molecule has 1 aliphatic heterocycles. The van der Waals surface area contributed by atoms with E-state index in [1.165, 1.54) is 0 Å². The molecule has 0 radical (unpaired) electrons. The highest BCUT2D eigenvalue weighted by Gasteiger charge is 2.34. The van der Waals surface area contributed by atoms with Crippen molar-refractivity contribution in [1.82, 2.24) is 19.9 Å². The van der Waals surface area contributed by atoms with E-state index >= 15 is 0 Å². The number of hydrogen-bond donors (Lipinski definition) is 1. The predicted molar refractivity (Wildman–Crippen MR) is 113 cm³/mol. The van der Waals surface area contributed by atoms with E-state index < -0.39 is 5.60 Å². The number of para-hydroxylation sites is 1. The first kappa shape index (κ1) is 20.1. The number of nitrogens with zero attached hydrogens (tertiary/aromatic N) is 4. The molecule has 4 rings (SSSR count). The Kier molecular flexibility index (Phi) is 5.30. The predicted octanol–water partition coefficient (Wildman–Crippen LogP) is 3.27. The Morgan fingerprint density at radius 1 is 1.20 bits per heavy atom. The van der Waals surface area contributed by atoms with Crippen molar-refractivity contribution in [3.63, 3.8) is 0 Å². The van der Waals surface area contributed by atoms with Crippen LogP contribution in [0.15, 0.2) is 54.7 Å². The summed E-state index contributed by atoms with van der Waals surface area (Å²) in [4.78, 5) is 14.8. The summed E-state index contributed by atoms with van der Waals surface area (Å²) in [5.41, 5.74) is 2.06. The Morgan fingerprint density at radius 3 is 2.67 bits per heavy atom. The molecule has 30 heavy (non-hydrogen) atoms. The molecule has 0 saturated carbocycles. The lowest BCUT2D eigenvalue weighted by atomic mass is 10.0. The van der Waals surface area contributed by atoms with Crippen LogP contribution < -0.4 is 4.74 Å². The van der Waals surface area contributed by atoms with Gasteiger partial charge in [0.25, 0.3) is 5.91 Å². The Hall–Kier alpha value is -3.19. The monoisotopic (exact) mass is 406 g/mol. The van der Waals surface area contributed by atoms with Gasteiger partial charge < -0.3 is 14.7 Å². The lowest BCUT2D eigenvalue weighted by molar-refractivity contribution is 0.0496. The smallest absolute Gasteiger partial charge is 0.254 e. The standard InChI is InChI=1S/C23H26N4O3/c1-4-30-20-11-6-5-10-19(20)16-8-7-9-17(12-16)22(28)26-13-18(14-26)27-15-21(24-25-27)23(2,3)29/h5-12,15,18,29H,4,13-14H2,1-3H3. The summed E-state index contributed by atoms with van der Waals surface area (Å²) < 4.78 is 7.46. The van der Waals surface area contributed by atoms with Gasteiger partial charge in [0, 0.05) is 24.2 Å². The van der Waals surface area contributed by atoms with Crippen molar-refractivity contribution in [2.24, 2.45) is 0 Å². The highest BCUT2D eigenvalue weighted by atomic mass is 16.5. The van der Waals surface area contributed by atoms with Crippen molar-refractivity contribution in [3.05, 3.63) is 66.0 Å². The maximum absolute atomic E-state index is 13.0. The zero-order valence-corrected chi connectivity index (χ0v) is 17.4. The van der Waals surface area contributed by atoms with Crippen LogP contribution in [0.1, 0.15) is 42.9 Å². The van der Waals surface area contributed by atoms with Crippen LogP contribution in [0.2, 0.25) is 0 Å². The Labute approximate surface area is 175 Å². The number of ether oxygens (including phenoxy) is 1. The van der Waals surface area contributed by atoms with E-state index in [1.54, 1.807) is 29.6 Å². The van der Waals surface area contributed by atoms with Crippen molar-refractivity contribution in [3.8, 4) is 16.9 Å². The summed E-state index contributed by atoms with van der Waals surface area (Å²) in [6, 6.07) is 15.5. The average molecular weight is 406 g/mol. The number of aromatic nitrogens is 3. The number of benzene rings is 2. The molecule has 1 saturated heterocycles. The molecule has 0 spiro atoms. The van der Waals surface area contributed by atoms with Crippen molar-refractivity contribution in [2.45, 2.75) is 32.4 Å². The molecule has 3 aromatic rings. The summed E-state index contributed by atoms with van der Waals surface area (Å²) >= 11 is 0. The molecule has 1 amide bonds. The molecule has 2 heterocycles. The fourth-order valence-electron chi connectivity index (χ4n) is 3.51. The second kappa shape index (κ2) is 7.91. The van der Waals surface area contributed by atoms with Crippen LogP contribution in [0.5, 0.6) is 5.75 Å². The molecule has 7 heteroatoms. The highest BCUT2D eigenvalue weighted by molar-refractivity contribution is 5.96. The maximum atomic E-state index is 13.0. The molecule has 156 valence electrons. The fourth-order valence-corrected chi connectivity index (χ4v) is 3.51. The van der Waals surface area contributed by atoms with Crippen molar-refractivity contribution in [1.29, 1.82) is 0 Å². The third-order valence-electron chi connectivity index (χ3n) is 5.27. The van der Waals surface area contributed by atoms with Gasteiger partial charge in [-0.2, -0.15) is 0 Å². The molecule has 1 N–H and O–H groups in total. The van der Waals surface area contributed by atoms with Gasteiger partial charge in [-0.25, -0.2) is 4.68 Å². The van der Waals surface area contributed by atoms with Gasteiger partial charge in [-0.1, -0.05) is 35.5 Å². The van der Waals surface area contributed by atoms with Gasteiger partial charge in [0.1, 0.15) is 17.0 Å². The summed E-state index contributed by atoms with van der Waals surface area (Å²) in [6.07, 6.45) is 1.75. The number of carbonyl (C=O) groups excluding carboxylic acids is 1. The molecular weight excluding hydrogens is 380 g/mol. The van der Waals surface area contributed by atoms with Crippen LogP contribution in [0.3, 0.4) is 0 Å².